The maximum absolute atomic E-state index is 5.61. The van der Waals surface area contributed by atoms with E-state index in [1.54, 1.807) is 18.1 Å². The average molecular weight is 260 g/mol. The molecule has 0 saturated carbocycles. The van der Waals surface area contributed by atoms with Crippen molar-refractivity contribution in [2.45, 2.75) is 6.54 Å². The van der Waals surface area contributed by atoms with E-state index in [0.717, 1.165) is 0 Å². The zero-order valence-electron chi connectivity index (χ0n) is 8.22. The van der Waals surface area contributed by atoms with Crippen LogP contribution in [0.15, 0.2) is 6.33 Å². The highest BCUT2D eigenvalue weighted by atomic mass is 35.5. The largest absolute Gasteiger partial charge is 0.347 e. The molecule has 0 aliphatic heterocycles. The maximum Gasteiger partial charge on any atom is 0.228 e. The molecule has 9 heteroatoms. The number of hydrogen-bond acceptors (Lipinski definition) is 6. The Kier molecular flexibility index (Phi) is 3.16. The number of nitrogens with zero attached hydrogens (tertiary/aromatic N) is 6. The SMILES string of the molecule is Cn1cnc(CNc2nc(Cl)nc(Cl)n2)n1. The number of rotatable bonds is 3. The molecule has 0 spiro atoms. The third kappa shape index (κ3) is 2.77. The van der Waals surface area contributed by atoms with Crippen LogP contribution < -0.4 is 5.32 Å². The van der Waals surface area contributed by atoms with Crippen molar-refractivity contribution < 1.29 is 0 Å². The Morgan fingerprint density at radius 3 is 2.50 bits per heavy atom. The van der Waals surface area contributed by atoms with Crippen molar-refractivity contribution in [3.8, 4) is 0 Å². The standard InChI is InChI=1S/C7H7Cl2N7/c1-16-3-11-4(15-16)2-10-7-13-5(8)12-6(9)14-7/h3H,2H2,1H3,(H,10,12,13,14). The van der Waals surface area contributed by atoms with Crippen molar-refractivity contribution in [3.63, 3.8) is 0 Å². The quantitative estimate of drug-likeness (QED) is 0.883. The summed E-state index contributed by atoms with van der Waals surface area (Å²) in [5, 5.41) is 7.04. The van der Waals surface area contributed by atoms with E-state index >= 15 is 0 Å². The van der Waals surface area contributed by atoms with Crippen LogP contribution in [0.1, 0.15) is 5.82 Å². The van der Waals surface area contributed by atoms with Crippen LogP contribution in [0, 0.1) is 0 Å². The molecule has 0 atom stereocenters. The summed E-state index contributed by atoms with van der Waals surface area (Å²) < 4.78 is 1.60. The molecule has 1 N–H and O–H groups in total. The molecular formula is C7H7Cl2N7. The Labute approximate surface area is 101 Å². The summed E-state index contributed by atoms with van der Waals surface area (Å²) in [4.78, 5) is 15.3. The van der Waals surface area contributed by atoms with Crippen LogP contribution in [0.3, 0.4) is 0 Å². The van der Waals surface area contributed by atoms with E-state index in [1.807, 2.05) is 0 Å². The smallest absolute Gasteiger partial charge is 0.228 e. The van der Waals surface area contributed by atoms with Gasteiger partial charge in [0.1, 0.15) is 6.33 Å². The third-order valence-electron chi connectivity index (χ3n) is 1.63. The zero-order chi connectivity index (χ0) is 11.5. The predicted molar refractivity (Wildman–Crippen MR) is 58.2 cm³/mol. The first-order valence-electron chi connectivity index (χ1n) is 4.29. The van der Waals surface area contributed by atoms with E-state index < -0.39 is 0 Å². The Balaban J connectivity index is 2.04. The second-order valence-corrected chi connectivity index (χ2v) is 3.56. The van der Waals surface area contributed by atoms with Crippen LogP contribution in [0.2, 0.25) is 10.6 Å². The molecule has 2 aromatic rings. The minimum atomic E-state index is 0.0384. The predicted octanol–water partition coefficient (Wildman–Crippen LogP) is 0.919. The lowest BCUT2D eigenvalue weighted by Gasteiger charge is -2.01. The van der Waals surface area contributed by atoms with Gasteiger partial charge in [-0.2, -0.15) is 20.1 Å². The highest BCUT2D eigenvalue weighted by Gasteiger charge is 2.04. The molecule has 2 heterocycles. The van der Waals surface area contributed by atoms with Gasteiger partial charge in [0, 0.05) is 7.05 Å². The normalized spacial score (nSPS) is 10.4. The van der Waals surface area contributed by atoms with Crippen LogP contribution in [0.25, 0.3) is 0 Å². The number of aryl methyl sites for hydroxylation is 1. The second kappa shape index (κ2) is 4.58. The van der Waals surface area contributed by atoms with Crippen LogP contribution >= 0.6 is 23.2 Å². The topological polar surface area (TPSA) is 81.4 Å². The summed E-state index contributed by atoms with van der Waals surface area (Å²) >= 11 is 11.2. The highest BCUT2D eigenvalue weighted by molar-refractivity contribution is 6.31. The van der Waals surface area contributed by atoms with E-state index in [-0.39, 0.29) is 16.5 Å². The van der Waals surface area contributed by atoms with Crippen molar-refractivity contribution in [1.29, 1.82) is 0 Å². The van der Waals surface area contributed by atoms with E-state index in [4.69, 9.17) is 23.2 Å². The van der Waals surface area contributed by atoms with Gasteiger partial charge in [-0.1, -0.05) is 0 Å². The van der Waals surface area contributed by atoms with Gasteiger partial charge in [0.05, 0.1) is 6.54 Å². The fourth-order valence-electron chi connectivity index (χ4n) is 1.03. The van der Waals surface area contributed by atoms with Crippen LogP contribution in [0.5, 0.6) is 0 Å². The van der Waals surface area contributed by atoms with Gasteiger partial charge < -0.3 is 5.32 Å². The zero-order valence-corrected chi connectivity index (χ0v) is 9.74. The van der Waals surface area contributed by atoms with E-state index in [0.29, 0.717) is 12.4 Å². The molecule has 0 aliphatic carbocycles. The van der Waals surface area contributed by atoms with Crippen LogP contribution in [0.4, 0.5) is 5.95 Å². The molecule has 0 bridgehead atoms. The summed E-state index contributed by atoms with van der Waals surface area (Å²) in [6.07, 6.45) is 1.60. The van der Waals surface area contributed by atoms with Gasteiger partial charge in [-0.15, -0.1) is 0 Å². The van der Waals surface area contributed by atoms with Gasteiger partial charge in [0.25, 0.3) is 0 Å². The first-order chi connectivity index (χ1) is 7.63. The van der Waals surface area contributed by atoms with Gasteiger partial charge in [0.15, 0.2) is 5.82 Å². The lowest BCUT2D eigenvalue weighted by molar-refractivity contribution is 0.746. The Morgan fingerprint density at radius 1 is 1.25 bits per heavy atom. The van der Waals surface area contributed by atoms with E-state index in [1.165, 1.54) is 0 Å². The second-order valence-electron chi connectivity index (χ2n) is 2.89. The number of hydrogen-bond donors (Lipinski definition) is 1. The van der Waals surface area contributed by atoms with Crippen molar-refractivity contribution in [1.82, 2.24) is 29.7 Å². The van der Waals surface area contributed by atoms with Crippen molar-refractivity contribution in [3.05, 3.63) is 22.7 Å². The van der Waals surface area contributed by atoms with E-state index in [2.05, 4.69) is 30.4 Å². The fraction of sp³-hybridized carbons (Fsp3) is 0.286. The molecular weight excluding hydrogens is 253 g/mol. The molecule has 16 heavy (non-hydrogen) atoms. The molecule has 0 fully saturated rings. The highest BCUT2D eigenvalue weighted by Crippen LogP contribution is 2.09. The molecule has 0 aliphatic rings. The molecule has 84 valence electrons. The lowest BCUT2D eigenvalue weighted by Crippen LogP contribution is -2.06. The van der Waals surface area contributed by atoms with Gasteiger partial charge in [0.2, 0.25) is 16.5 Å². The molecule has 0 unspecified atom stereocenters. The molecule has 0 radical (unpaired) electrons. The number of nitrogens with one attached hydrogen (secondary N) is 1. The molecule has 0 saturated heterocycles. The molecule has 7 nitrogen and oxygen atoms in total. The summed E-state index contributed by atoms with van der Waals surface area (Å²) in [6.45, 7) is 0.386. The Morgan fingerprint density at radius 2 is 1.94 bits per heavy atom. The summed E-state index contributed by atoms with van der Waals surface area (Å²) in [7, 11) is 1.78. The van der Waals surface area contributed by atoms with Gasteiger partial charge in [-0.25, -0.2) is 4.98 Å². The molecule has 2 rings (SSSR count). The first-order valence-corrected chi connectivity index (χ1v) is 5.04. The maximum atomic E-state index is 5.61. The Hall–Kier alpha value is -1.47. The number of aromatic nitrogens is 6. The lowest BCUT2D eigenvalue weighted by atomic mass is 10.6. The Bertz CT molecular complexity index is 477. The van der Waals surface area contributed by atoms with Gasteiger partial charge in [-0.3, -0.25) is 4.68 Å². The minimum absolute atomic E-state index is 0.0384. The van der Waals surface area contributed by atoms with Crippen molar-refractivity contribution in [2.75, 3.05) is 5.32 Å². The van der Waals surface area contributed by atoms with Gasteiger partial charge in [-0.05, 0) is 23.2 Å². The summed E-state index contributed by atoms with van der Waals surface area (Å²) in [5.41, 5.74) is 0. The molecule has 0 aromatic carbocycles. The fourth-order valence-corrected chi connectivity index (χ4v) is 1.39. The monoisotopic (exact) mass is 259 g/mol. The van der Waals surface area contributed by atoms with Crippen LogP contribution in [-0.4, -0.2) is 29.7 Å². The van der Waals surface area contributed by atoms with E-state index in [9.17, 15) is 0 Å². The number of anilines is 1. The first kappa shape index (κ1) is 11.0. The van der Waals surface area contributed by atoms with Crippen LogP contribution in [-0.2, 0) is 13.6 Å². The average Bonchev–Trinajstić information content (AvgIpc) is 2.60. The van der Waals surface area contributed by atoms with Crippen molar-refractivity contribution in [2.24, 2.45) is 7.05 Å². The summed E-state index contributed by atoms with van der Waals surface area (Å²) in [5.74, 6) is 0.910. The summed E-state index contributed by atoms with van der Waals surface area (Å²) in [6, 6.07) is 0. The van der Waals surface area contributed by atoms with Crippen molar-refractivity contribution >= 4 is 29.2 Å². The third-order valence-corrected chi connectivity index (χ3v) is 1.97. The molecule has 0 amide bonds. The molecule has 2 aromatic heterocycles. The number of halogens is 2. The minimum Gasteiger partial charge on any atom is -0.347 e. The van der Waals surface area contributed by atoms with Gasteiger partial charge >= 0.3 is 0 Å².